The Kier molecular flexibility index (Phi) is 4.99. The maximum Gasteiger partial charge on any atom is 0.232 e. The van der Waals surface area contributed by atoms with Crippen LogP contribution >= 0.6 is 0 Å². The van der Waals surface area contributed by atoms with Crippen molar-refractivity contribution < 1.29 is 9.18 Å². The zero-order valence-corrected chi connectivity index (χ0v) is 13.6. The molecule has 0 aliphatic rings. The van der Waals surface area contributed by atoms with Gasteiger partial charge in [-0.15, -0.1) is 0 Å². The molecule has 0 aliphatic heterocycles. The number of benzene rings is 2. The van der Waals surface area contributed by atoms with Gasteiger partial charge in [0.05, 0.1) is 5.92 Å². The summed E-state index contributed by atoms with van der Waals surface area (Å²) in [6, 6.07) is 15.3. The van der Waals surface area contributed by atoms with Gasteiger partial charge in [0.2, 0.25) is 5.91 Å². The summed E-state index contributed by atoms with van der Waals surface area (Å²) in [7, 11) is 0. The van der Waals surface area contributed by atoms with Crippen LogP contribution in [0.1, 0.15) is 18.4 Å². The molecule has 1 amide bonds. The van der Waals surface area contributed by atoms with Crippen molar-refractivity contribution in [2.45, 2.75) is 12.8 Å². The first-order valence-corrected chi connectivity index (χ1v) is 7.81. The van der Waals surface area contributed by atoms with Crippen LogP contribution in [-0.4, -0.2) is 15.9 Å². The molecule has 1 atom stereocenters. The number of carbonyl (C=O) groups is 1. The lowest BCUT2D eigenvalue weighted by Crippen LogP contribution is -2.19. The molecule has 25 heavy (non-hydrogen) atoms. The van der Waals surface area contributed by atoms with E-state index in [0.717, 1.165) is 16.9 Å². The number of halogens is 1. The molecule has 0 spiro atoms. The van der Waals surface area contributed by atoms with Crippen molar-refractivity contribution in [1.29, 1.82) is 0 Å². The second-order valence-electron chi connectivity index (χ2n) is 5.56. The fourth-order valence-corrected chi connectivity index (χ4v) is 2.31. The Hall–Kier alpha value is -3.28. The molecule has 1 heterocycles. The smallest absolute Gasteiger partial charge is 0.232 e. The maximum atomic E-state index is 12.9. The molecule has 0 aliphatic carbocycles. The summed E-state index contributed by atoms with van der Waals surface area (Å²) in [5, 5.41) is 5.94. The fourth-order valence-electron chi connectivity index (χ4n) is 2.31. The van der Waals surface area contributed by atoms with Crippen molar-refractivity contribution in [3.63, 3.8) is 0 Å². The Morgan fingerprint density at radius 2 is 1.64 bits per heavy atom. The molecule has 1 aromatic heterocycles. The molecule has 6 heteroatoms. The molecule has 2 aromatic carbocycles. The summed E-state index contributed by atoms with van der Waals surface area (Å²) in [5.74, 6) is -0.265. The molecular weight excluding hydrogens is 319 g/mol. The predicted octanol–water partition coefficient (Wildman–Crippen LogP) is 4.10. The highest BCUT2D eigenvalue weighted by Gasteiger charge is 2.15. The first-order valence-electron chi connectivity index (χ1n) is 7.81. The van der Waals surface area contributed by atoms with Gasteiger partial charge in [-0.25, -0.2) is 14.4 Å². The van der Waals surface area contributed by atoms with Crippen LogP contribution in [0.15, 0.2) is 67.1 Å². The van der Waals surface area contributed by atoms with Gasteiger partial charge < -0.3 is 10.6 Å². The Morgan fingerprint density at radius 1 is 1.00 bits per heavy atom. The standard InChI is InChI=1S/C19H17FN4O/c1-13(19(25)24-18-10-11-21-12-22-18)14-2-6-16(7-3-14)23-17-8-4-15(20)5-9-17/h2-13,23H,1H3,(H,21,22,24,25). The van der Waals surface area contributed by atoms with E-state index in [2.05, 4.69) is 20.6 Å². The summed E-state index contributed by atoms with van der Waals surface area (Å²) >= 11 is 0. The van der Waals surface area contributed by atoms with Crippen LogP contribution in [0.5, 0.6) is 0 Å². The van der Waals surface area contributed by atoms with Crippen molar-refractivity contribution in [2.75, 3.05) is 10.6 Å². The Morgan fingerprint density at radius 3 is 2.24 bits per heavy atom. The number of hydrogen-bond acceptors (Lipinski definition) is 4. The first kappa shape index (κ1) is 16.6. The van der Waals surface area contributed by atoms with E-state index in [1.54, 1.807) is 24.4 Å². The maximum absolute atomic E-state index is 12.9. The molecule has 3 aromatic rings. The van der Waals surface area contributed by atoms with E-state index in [4.69, 9.17) is 0 Å². The van der Waals surface area contributed by atoms with Gasteiger partial charge >= 0.3 is 0 Å². The predicted molar refractivity (Wildman–Crippen MR) is 95.2 cm³/mol. The molecule has 1 unspecified atom stereocenters. The van der Waals surface area contributed by atoms with Crippen LogP contribution in [0, 0.1) is 5.82 Å². The van der Waals surface area contributed by atoms with Gasteiger partial charge in [-0.1, -0.05) is 12.1 Å². The summed E-state index contributed by atoms with van der Waals surface area (Å²) < 4.78 is 12.9. The van der Waals surface area contributed by atoms with Crippen molar-refractivity contribution in [3.8, 4) is 0 Å². The van der Waals surface area contributed by atoms with Gasteiger partial charge in [0, 0.05) is 17.6 Å². The minimum Gasteiger partial charge on any atom is -0.356 e. The van der Waals surface area contributed by atoms with E-state index in [-0.39, 0.29) is 17.6 Å². The molecule has 126 valence electrons. The molecule has 0 radical (unpaired) electrons. The molecule has 2 N–H and O–H groups in total. The summed E-state index contributed by atoms with van der Waals surface area (Å²) in [6.07, 6.45) is 2.96. The summed E-state index contributed by atoms with van der Waals surface area (Å²) in [4.78, 5) is 20.1. The molecule has 0 fully saturated rings. The number of nitrogens with zero attached hydrogens (tertiary/aromatic N) is 2. The minimum absolute atomic E-state index is 0.141. The molecule has 0 saturated carbocycles. The number of hydrogen-bond donors (Lipinski definition) is 2. The van der Waals surface area contributed by atoms with Gasteiger partial charge in [-0.05, 0) is 55.0 Å². The van der Waals surface area contributed by atoms with Crippen LogP contribution in [0.2, 0.25) is 0 Å². The number of aromatic nitrogens is 2. The van der Waals surface area contributed by atoms with Gasteiger partial charge in [0.15, 0.2) is 0 Å². The zero-order valence-electron chi connectivity index (χ0n) is 13.6. The molecule has 5 nitrogen and oxygen atoms in total. The lowest BCUT2D eigenvalue weighted by Gasteiger charge is -2.13. The third-order valence-corrected chi connectivity index (χ3v) is 3.77. The Balaban J connectivity index is 1.64. The molecule has 0 saturated heterocycles. The van der Waals surface area contributed by atoms with Crippen LogP contribution in [-0.2, 0) is 4.79 Å². The number of nitrogens with one attached hydrogen (secondary N) is 2. The zero-order chi connectivity index (χ0) is 17.6. The van der Waals surface area contributed by atoms with E-state index in [9.17, 15) is 9.18 Å². The largest absolute Gasteiger partial charge is 0.356 e. The molecular formula is C19H17FN4O. The van der Waals surface area contributed by atoms with E-state index in [1.807, 2.05) is 31.2 Å². The lowest BCUT2D eigenvalue weighted by molar-refractivity contribution is -0.117. The Labute approximate surface area is 145 Å². The van der Waals surface area contributed by atoms with Crippen LogP contribution in [0.25, 0.3) is 0 Å². The highest BCUT2D eigenvalue weighted by atomic mass is 19.1. The highest BCUT2D eigenvalue weighted by Crippen LogP contribution is 2.22. The minimum atomic E-state index is -0.324. The van der Waals surface area contributed by atoms with Crippen molar-refractivity contribution >= 4 is 23.1 Å². The number of rotatable bonds is 5. The van der Waals surface area contributed by atoms with Crippen LogP contribution in [0.4, 0.5) is 21.6 Å². The lowest BCUT2D eigenvalue weighted by atomic mass is 10.00. The van der Waals surface area contributed by atoms with E-state index in [1.165, 1.54) is 18.5 Å². The second-order valence-corrected chi connectivity index (χ2v) is 5.56. The average molecular weight is 336 g/mol. The third-order valence-electron chi connectivity index (χ3n) is 3.77. The van der Waals surface area contributed by atoms with Crippen LogP contribution < -0.4 is 10.6 Å². The normalized spacial score (nSPS) is 11.6. The monoisotopic (exact) mass is 336 g/mol. The SMILES string of the molecule is CC(C(=O)Nc1ccncn1)c1ccc(Nc2ccc(F)cc2)cc1. The molecule has 3 rings (SSSR count). The highest BCUT2D eigenvalue weighted by molar-refractivity contribution is 5.94. The van der Waals surface area contributed by atoms with Crippen molar-refractivity contribution in [3.05, 3.63) is 78.5 Å². The van der Waals surface area contributed by atoms with Crippen molar-refractivity contribution in [1.82, 2.24) is 9.97 Å². The number of amides is 1. The third kappa shape index (κ3) is 4.38. The first-order chi connectivity index (χ1) is 12.1. The number of carbonyl (C=O) groups excluding carboxylic acids is 1. The number of anilines is 3. The van der Waals surface area contributed by atoms with Gasteiger partial charge in [-0.2, -0.15) is 0 Å². The Bertz CT molecular complexity index is 836. The van der Waals surface area contributed by atoms with Crippen molar-refractivity contribution in [2.24, 2.45) is 0 Å². The fraction of sp³-hybridized carbons (Fsp3) is 0.105. The van der Waals surface area contributed by atoms with E-state index in [0.29, 0.717) is 5.82 Å². The average Bonchev–Trinajstić information content (AvgIpc) is 2.64. The van der Waals surface area contributed by atoms with Gasteiger partial charge in [-0.3, -0.25) is 4.79 Å². The van der Waals surface area contributed by atoms with Gasteiger partial charge in [0.1, 0.15) is 18.0 Å². The van der Waals surface area contributed by atoms with E-state index < -0.39 is 0 Å². The van der Waals surface area contributed by atoms with E-state index >= 15 is 0 Å². The quantitative estimate of drug-likeness (QED) is 0.736. The van der Waals surface area contributed by atoms with Crippen LogP contribution in [0.3, 0.4) is 0 Å². The topological polar surface area (TPSA) is 66.9 Å². The van der Waals surface area contributed by atoms with Gasteiger partial charge in [0.25, 0.3) is 0 Å². The summed E-state index contributed by atoms with van der Waals surface area (Å²) in [5.41, 5.74) is 2.54. The molecule has 0 bridgehead atoms. The summed E-state index contributed by atoms with van der Waals surface area (Å²) in [6.45, 7) is 1.83. The second kappa shape index (κ2) is 7.53.